The number of carbonyl (C=O) groups excluding carboxylic acids is 1. The van der Waals surface area contributed by atoms with Gasteiger partial charge in [0.1, 0.15) is 5.69 Å². The van der Waals surface area contributed by atoms with E-state index in [1.54, 1.807) is 0 Å². The van der Waals surface area contributed by atoms with Crippen LogP contribution in [0.5, 0.6) is 0 Å². The SMILES string of the molecule is Cn1c(C(=O)NCCc2c[nH]c3ccccc23)cc2ccc(Cl)cc21. The van der Waals surface area contributed by atoms with E-state index in [4.69, 9.17) is 11.6 Å². The normalized spacial score (nSPS) is 11.3. The van der Waals surface area contributed by atoms with Crippen molar-refractivity contribution in [2.75, 3.05) is 6.54 Å². The van der Waals surface area contributed by atoms with Gasteiger partial charge in [-0.1, -0.05) is 35.9 Å². The molecule has 126 valence electrons. The van der Waals surface area contributed by atoms with Crippen molar-refractivity contribution < 1.29 is 4.79 Å². The average molecular weight is 352 g/mol. The van der Waals surface area contributed by atoms with Crippen molar-refractivity contribution in [2.24, 2.45) is 7.05 Å². The van der Waals surface area contributed by atoms with Crippen molar-refractivity contribution in [3.05, 3.63) is 71.0 Å². The zero-order valence-corrected chi connectivity index (χ0v) is 14.6. The van der Waals surface area contributed by atoms with Crippen molar-refractivity contribution in [1.29, 1.82) is 0 Å². The molecule has 0 bridgehead atoms. The number of H-pyrrole nitrogens is 1. The maximum atomic E-state index is 12.5. The Labute approximate surface area is 150 Å². The molecule has 25 heavy (non-hydrogen) atoms. The summed E-state index contributed by atoms with van der Waals surface area (Å²) in [5.41, 5.74) is 3.92. The first-order valence-corrected chi connectivity index (χ1v) is 8.59. The summed E-state index contributed by atoms with van der Waals surface area (Å²) >= 11 is 6.05. The second kappa shape index (κ2) is 6.30. The highest BCUT2D eigenvalue weighted by Crippen LogP contribution is 2.22. The molecule has 2 aromatic carbocycles. The van der Waals surface area contributed by atoms with E-state index in [0.29, 0.717) is 17.3 Å². The van der Waals surface area contributed by atoms with Crippen LogP contribution in [0.1, 0.15) is 16.1 Å². The molecular weight excluding hydrogens is 334 g/mol. The lowest BCUT2D eigenvalue weighted by molar-refractivity contribution is 0.0946. The molecule has 0 saturated heterocycles. The number of nitrogens with one attached hydrogen (secondary N) is 2. The van der Waals surface area contributed by atoms with Crippen molar-refractivity contribution in [3.8, 4) is 0 Å². The summed E-state index contributed by atoms with van der Waals surface area (Å²) in [6.45, 7) is 0.586. The van der Waals surface area contributed by atoms with Crippen molar-refractivity contribution in [3.63, 3.8) is 0 Å². The number of fused-ring (bicyclic) bond motifs is 2. The highest BCUT2D eigenvalue weighted by atomic mass is 35.5. The fraction of sp³-hybridized carbons (Fsp3) is 0.150. The number of carbonyl (C=O) groups is 1. The molecule has 0 radical (unpaired) electrons. The van der Waals surface area contributed by atoms with Crippen molar-refractivity contribution >= 4 is 39.3 Å². The second-order valence-electron chi connectivity index (χ2n) is 6.16. The molecule has 2 aromatic heterocycles. The zero-order valence-electron chi connectivity index (χ0n) is 13.8. The number of benzene rings is 2. The molecule has 0 unspecified atom stereocenters. The Morgan fingerprint density at radius 2 is 2.04 bits per heavy atom. The molecule has 0 aliphatic heterocycles. The molecule has 5 heteroatoms. The second-order valence-corrected chi connectivity index (χ2v) is 6.59. The van der Waals surface area contributed by atoms with Crippen LogP contribution >= 0.6 is 11.6 Å². The number of nitrogens with zero attached hydrogens (tertiary/aromatic N) is 1. The largest absolute Gasteiger partial charge is 0.361 e. The number of aryl methyl sites for hydroxylation is 1. The molecule has 4 rings (SSSR count). The minimum Gasteiger partial charge on any atom is -0.361 e. The van der Waals surface area contributed by atoms with Crippen molar-refractivity contribution in [1.82, 2.24) is 14.9 Å². The number of para-hydroxylation sites is 1. The highest BCUT2D eigenvalue weighted by Gasteiger charge is 2.13. The molecule has 4 nitrogen and oxygen atoms in total. The van der Waals surface area contributed by atoms with Gasteiger partial charge >= 0.3 is 0 Å². The summed E-state index contributed by atoms with van der Waals surface area (Å²) in [7, 11) is 1.88. The summed E-state index contributed by atoms with van der Waals surface area (Å²) in [6.07, 6.45) is 2.79. The van der Waals surface area contributed by atoms with Gasteiger partial charge in [-0.25, -0.2) is 0 Å². The van der Waals surface area contributed by atoms with Gasteiger partial charge in [-0.2, -0.15) is 0 Å². The van der Waals surface area contributed by atoms with Gasteiger partial charge in [0.15, 0.2) is 0 Å². The summed E-state index contributed by atoms with van der Waals surface area (Å²) in [5, 5.41) is 5.89. The number of hydrogen-bond acceptors (Lipinski definition) is 1. The maximum Gasteiger partial charge on any atom is 0.267 e. The Kier molecular flexibility index (Phi) is 3.98. The standard InChI is InChI=1S/C20H18ClN3O/c1-24-18-11-15(21)7-6-13(18)10-19(24)20(25)22-9-8-14-12-23-17-5-3-2-4-16(14)17/h2-7,10-12,23H,8-9H2,1H3,(H,22,25). The lowest BCUT2D eigenvalue weighted by atomic mass is 10.1. The van der Waals surface area contributed by atoms with E-state index in [1.165, 1.54) is 10.9 Å². The van der Waals surface area contributed by atoms with Gasteiger partial charge in [0.2, 0.25) is 0 Å². The molecule has 4 aromatic rings. The third-order valence-corrected chi connectivity index (χ3v) is 4.83. The predicted molar refractivity (Wildman–Crippen MR) is 102 cm³/mol. The number of rotatable bonds is 4. The monoisotopic (exact) mass is 351 g/mol. The Bertz CT molecular complexity index is 1080. The number of hydrogen-bond donors (Lipinski definition) is 2. The molecule has 0 spiro atoms. The van der Waals surface area contributed by atoms with Crippen LogP contribution in [0.25, 0.3) is 21.8 Å². The fourth-order valence-electron chi connectivity index (χ4n) is 3.26. The molecule has 1 amide bonds. The van der Waals surface area contributed by atoms with Gasteiger partial charge in [-0.3, -0.25) is 4.79 Å². The quantitative estimate of drug-likeness (QED) is 0.566. The van der Waals surface area contributed by atoms with Gasteiger partial charge in [0.05, 0.1) is 0 Å². The molecule has 0 fully saturated rings. The number of aromatic nitrogens is 2. The van der Waals surface area contributed by atoms with E-state index < -0.39 is 0 Å². The smallest absolute Gasteiger partial charge is 0.267 e. The minimum absolute atomic E-state index is 0.0744. The molecule has 0 aliphatic rings. The van der Waals surface area contributed by atoms with Crippen LogP contribution < -0.4 is 5.32 Å². The molecule has 2 heterocycles. The van der Waals surface area contributed by atoms with Crippen LogP contribution in [0.2, 0.25) is 5.02 Å². The number of aromatic amines is 1. The van der Waals surface area contributed by atoms with E-state index in [0.717, 1.165) is 22.8 Å². The summed E-state index contributed by atoms with van der Waals surface area (Å²) < 4.78 is 1.88. The maximum absolute atomic E-state index is 12.5. The molecule has 0 atom stereocenters. The van der Waals surface area contributed by atoms with Crippen LogP contribution in [-0.4, -0.2) is 22.0 Å². The lowest BCUT2D eigenvalue weighted by Gasteiger charge is -2.06. The molecule has 2 N–H and O–H groups in total. The predicted octanol–water partition coefficient (Wildman–Crippen LogP) is 4.29. The minimum atomic E-state index is -0.0744. The third-order valence-electron chi connectivity index (χ3n) is 4.59. The Hall–Kier alpha value is -2.72. The first kappa shape index (κ1) is 15.8. The summed E-state index contributed by atoms with van der Waals surface area (Å²) in [4.78, 5) is 15.8. The lowest BCUT2D eigenvalue weighted by Crippen LogP contribution is -2.27. The van der Waals surface area contributed by atoms with Gasteiger partial charge in [0, 0.05) is 46.6 Å². The summed E-state index contributed by atoms with van der Waals surface area (Å²) in [5.74, 6) is -0.0744. The number of halogens is 1. The van der Waals surface area contributed by atoms with E-state index in [1.807, 2.05) is 54.2 Å². The number of amides is 1. The first-order chi connectivity index (χ1) is 12.1. The van der Waals surface area contributed by atoms with Crippen LogP contribution in [0.3, 0.4) is 0 Å². The van der Waals surface area contributed by atoms with Gasteiger partial charge in [-0.05, 0) is 36.2 Å². The molecular formula is C20H18ClN3O. The van der Waals surface area contributed by atoms with Gasteiger partial charge < -0.3 is 14.9 Å². The van der Waals surface area contributed by atoms with Gasteiger partial charge in [-0.15, -0.1) is 0 Å². The molecule has 0 aliphatic carbocycles. The van der Waals surface area contributed by atoms with Gasteiger partial charge in [0.25, 0.3) is 5.91 Å². The van der Waals surface area contributed by atoms with E-state index in [2.05, 4.69) is 22.4 Å². The Morgan fingerprint density at radius 1 is 1.20 bits per heavy atom. The van der Waals surface area contributed by atoms with Crippen LogP contribution in [0.4, 0.5) is 0 Å². The molecule has 0 saturated carbocycles. The topological polar surface area (TPSA) is 49.8 Å². The zero-order chi connectivity index (χ0) is 17.4. The van der Waals surface area contributed by atoms with E-state index >= 15 is 0 Å². The highest BCUT2D eigenvalue weighted by molar-refractivity contribution is 6.31. The fourth-order valence-corrected chi connectivity index (χ4v) is 3.43. The van der Waals surface area contributed by atoms with Crippen molar-refractivity contribution in [2.45, 2.75) is 6.42 Å². The van der Waals surface area contributed by atoms with Crippen LogP contribution in [-0.2, 0) is 13.5 Å². The Morgan fingerprint density at radius 3 is 2.92 bits per heavy atom. The van der Waals surface area contributed by atoms with Crippen LogP contribution in [0.15, 0.2) is 54.7 Å². The first-order valence-electron chi connectivity index (χ1n) is 8.21. The van der Waals surface area contributed by atoms with Crippen LogP contribution in [0, 0.1) is 0 Å². The van der Waals surface area contributed by atoms with E-state index in [-0.39, 0.29) is 5.91 Å². The third kappa shape index (κ3) is 2.89. The Balaban J connectivity index is 1.48. The summed E-state index contributed by atoms with van der Waals surface area (Å²) in [6, 6.07) is 15.7. The van der Waals surface area contributed by atoms with E-state index in [9.17, 15) is 4.79 Å². The average Bonchev–Trinajstić information content (AvgIpc) is 3.17.